The molecule has 0 aromatic heterocycles. The average molecular weight is 366 g/mol. The molecule has 0 radical (unpaired) electrons. The molecule has 0 amide bonds. The van der Waals surface area contributed by atoms with Gasteiger partial charge in [-0.2, -0.15) is 0 Å². The number of hydrogen-bond donors (Lipinski definition) is 1. The lowest BCUT2D eigenvalue weighted by Gasteiger charge is -2.36. The molecular formula is C23H31N3O. The van der Waals surface area contributed by atoms with Gasteiger partial charge in [0.1, 0.15) is 5.75 Å². The van der Waals surface area contributed by atoms with E-state index in [0.717, 1.165) is 58.2 Å². The number of piperidine rings is 1. The molecule has 0 saturated carbocycles. The monoisotopic (exact) mass is 365 g/mol. The largest absolute Gasteiger partial charge is 0.493 e. The van der Waals surface area contributed by atoms with Gasteiger partial charge in [0.2, 0.25) is 0 Å². The molecule has 4 rings (SSSR count). The van der Waals surface area contributed by atoms with Gasteiger partial charge in [-0.1, -0.05) is 30.3 Å². The standard InChI is InChI=1S/C23H31N3O/c1-2-6-22(7-3-1)26-15-13-25(14-16-26)18-20-8-10-23(11-9-20)27-19-21-5-4-12-24-17-21/h1-3,6-11,21,24H,4-5,12-19H2. The highest BCUT2D eigenvalue weighted by atomic mass is 16.5. The van der Waals surface area contributed by atoms with Crippen molar-refractivity contribution in [2.75, 3.05) is 50.8 Å². The fourth-order valence-corrected chi connectivity index (χ4v) is 4.03. The number of anilines is 1. The molecule has 4 heteroatoms. The number of para-hydroxylation sites is 1. The summed E-state index contributed by atoms with van der Waals surface area (Å²) in [5.74, 6) is 1.65. The molecule has 2 heterocycles. The topological polar surface area (TPSA) is 27.7 Å². The first-order valence-corrected chi connectivity index (χ1v) is 10.3. The zero-order chi connectivity index (χ0) is 18.3. The second kappa shape index (κ2) is 9.25. The predicted octanol–water partition coefficient (Wildman–Crippen LogP) is 3.39. The third-order valence-electron chi connectivity index (χ3n) is 5.71. The van der Waals surface area contributed by atoms with Crippen molar-refractivity contribution in [3.63, 3.8) is 0 Å². The minimum absolute atomic E-state index is 0.652. The molecule has 2 aliphatic heterocycles. The Kier molecular flexibility index (Phi) is 6.28. The van der Waals surface area contributed by atoms with Crippen LogP contribution < -0.4 is 15.0 Å². The molecule has 2 aromatic rings. The van der Waals surface area contributed by atoms with Gasteiger partial charge < -0.3 is 15.0 Å². The molecule has 144 valence electrons. The Morgan fingerprint density at radius 3 is 2.41 bits per heavy atom. The molecule has 0 bridgehead atoms. The maximum Gasteiger partial charge on any atom is 0.119 e. The van der Waals surface area contributed by atoms with Gasteiger partial charge in [-0.25, -0.2) is 0 Å². The molecule has 2 saturated heterocycles. The first-order valence-electron chi connectivity index (χ1n) is 10.3. The van der Waals surface area contributed by atoms with Crippen LogP contribution in [0.15, 0.2) is 54.6 Å². The van der Waals surface area contributed by atoms with Gasteiger partial charge in [-0.3, -0.25) is 4.90 Å². The lowest BCUT2D eigenvalue weighted by molar-refractivity contribution is 0.218. The second-order valence-corrected chi connectivity index (χ2v) is 7.77. The third kappa shape index (κ3) is 5.24. The molecule has 0 spiro atoms. The van der Waals surface area contributed by atoms with E-state index in [1.165, 1.54) is 24.1 Å². The minimum Gasteiger partial charge on any atom is -0.493 e. The van der Waals surface area contributed by atoms with Crippen LogP contribution in [0, 0.1) is 5.92 Å². The number of piperazine rings is 1. The SMILES string of the molecule is c1ccc(N2CCN(Cc3ccc(OCC4CCCNC4)cc3)CC2)cc1. The molecular weight excluding hydrogens is 334 g/mol. The molecule has 4 nitrogen and oxygen atoms in total. The minimum atomic E-state index is 0.652. The maximum atomic E-state index is 5.99. The van der Waals surface area contributed by atoms with Crippen LogP contribution in [0.2, 0.25) is 0 Å². The summed E-state index contributed by atoms with van der Waals surface area (Å²) in [5, 5.41) is 3.45. The van der Waals surface area contributed by atoms with Crippen molar-refractivity contribution >= 4 is 5.69 Å². The zero-order valence-corrected chi connectivity index (χ0v) is 16.1. The maximum absolute atomic E-state index is 5.99. The van der Waals surface area contributed by atoms with Crippen molar-refractivity contribution in [1.29, 1.82) is 0 Å². The Bertz CT molecular complexity index is 675. The Hall–Kier alpha value is -2.04. The smallest absolute Gasteiger partial charge is 0.119 e. The van der Waals surface area contributed by atoms with Gasteiger partial charge in [0, 0.05) is 50.9 Å². The fraction of sp³-hybridized carbons (Fsp3) is 0.478. The Morgan fingerprint density at radius 2 is 1.70 bits per heavy atom. The molecule has 2 aliphatic rings. The van der Waals surface area contributed by atoms with E-state index in [4.69, 9.17) is 4.74 Å². The van der Waals surface area contributed by atoms with E-state index in [0.29, 0.717) is 5.92 Å². The normalized spacial score (nSPS) is 21.2. The van der Waals surface area contributed by atoms with Crippen LogP contribution in [0.1, 0.15) is 18.4 Å². The molecule has 1 atom stereocenters. The van der Waals surface area contributed by atoms with Crippen LogP contribution in [0.3, 0.4) is 0 Å². The van der Waals surface area contributed by atoms with Gasteiger partial charge in [0.15, 0.2) is 0 Å². The summed E-state index contributed by atoms with van der Waals surface area (Å²) in [6.07, 6.45) is 2.55. The summed E-state index contributed by atoms with van der Waals surface area (Å²) in [5.41, 5.74) is 2.71. The van der Waals surface area contributed by atoms with Crippen LogP contribution in [0.5, 0.6) is 5.75 Å². The van der Waals surface area contributed by atoms with Gasteiger partial charge in [0.25, 0.3) is 0 Å². The number of nitrogens with one attached hydrogen (secondary N) is 1. The number of ether oxygens (including phenoxy) is 1. The number of nitrogens with zero attached hydrogens (tertiary/aromatic N) is 2. The lowest BCUT2D eigenvalue weighted by atomic mass is 10.0. The summed E-state index contributed by atoms with van der Waals surface area (Å²) in [7, 11) is 0. The van der Waals surface area contributed by atoms with E-state index in [9.17, 15) is 0 Å². The van der Waals surface area contributed by atoms with Crippen LogP contribution in [-0.2, 0) is 6.54 Å². The molecule has 2 fully saturated rings. The van der Waals surface area contributed by atoms with E-state index in [1.54, 1.807) is 0 Å². The van der Waals surface area contributed by atoms with Crippen LogP contribution in [0.25, 0.3) is 0 Å². The molecule has 2 aromatic carbocycles. The highest BCUT2D eigenvalue weighted by Gasteiger charge is 2.17. The molecule has 1 N–H and O–H groups in total. The van der Waals surface area contributed by atoms with E-state index < -0.39 is 0 Å². The van der Waals surface area contributed by atoms with E-state index in [1.807, 2.05) is 0 Å². The Morgan fingerprint density at radius 1 is 0.926 bits per heavy atom. The summed E-state index contributed by atoms with van der Waals surface area (Å²) in [6.45, 7) is 8.52. The van der Waals surface area contributed by atoms with Crippen LogP contribution in [-0.4, -0.2) is 50.8 Å². The van der Waals surface area contributed by atoms with Crippen molar-refractivity contribution in [3.05, 3.63) is 60.2 Å². The van der Waals surface area contributed by atoms with Gasteiger partial charge in [0.05, 0.1) is 6.61 Å². The quantitative estimate of drug-likeness (QED) is 0.849. The number of benzene rings is 2. The molecule has 1 unspecified atom stereocenters. The average Bonchev–Trinajstić information content (AvgIpc) is 2.75. The summed E-state index contributed by atoms with van der Waals surface area (Å²) >= 11 is 0. The van der Waals surface area contributed by atoms with Crippen molar-refractivity contribution in [1.82, 2.24) is 10.2 Å². The summed E-state index contributed by atoms with van der Waals surface area (Å²) < 4.78 is 5.99. The van der Waals surface area contributed by atoms with E-state index >= 15 is 0 Å². The highest BCUT2D eigenvalue weighted by molar-refractivity contribution is 5.46. The fourth-order valence-electron chi connectivity index (χ4n) is 4.03. The zero-order valence-electron chi connectivity index (χ0n) is 16.1. The van der Waals surface area contributed by atoms with Crippen LogP contribution in [0.4, 0.5) is 5.69 Å². The third-order valence-corrected chi connectivity index (χ3v) is 5.71. The first kappa shape index (κ1) is 18.3. The Balaban J connectivity index is 1.22. The van der Waals surface area contributed by atoms with Gasteiger partial charge >= 0.3 is 0 Å². The Labute approximate surface area is 163 Å². The second-order valence-electron chi connectivity index (χ2n) is 7.77. The van der Waals surface area contributed by atoms with Crippen LogP contribution >= 0.6 is 0 Å². The summed E-state index contributed by atoms with van der Waals surface area (Å²) in [4.78, 5) is 5.02. The lowest BCUT2D eigenvalue weighted by Crippen LogP contribution is -2.45. The van der Waals surface area contributed by atoms with Crippen molar-refractivity contribution in [3.8, 4) is 5.75 Å². The van der Waals surface area contributed by atoms with E-state index in [-0.39, 0.29) is 0 Å². The molecule has 27 heavy (non-hydrogen) atoms. The predicted molar refractivity (Wildman–Crippen MR) is 111 cm³/mol. The first-order chi connectivity index (χ1) is 13.4. The van der Waals surface area contributed by atoms with Crippen molar-refractivity contribution < 1.29 is 4.74 Å². The summed E-state index contributed by atoms with van der Waals surface area (Å²) in [6, 6.07) is 19.4. The number of rotatable bonds is 6. The highest BCUT2D eigenvalue weighted by Crippen LogP contribution is 2.19. The van der Waals surface area contributed by atoms with E-state index in [2.05, 4.69) is 69.7 Å². The number of hydrogen-bond acceptors (Lipinski definition) is 4. The molecule has 0 aliphatic carbocycles. The van der Waals surface area contributed by atoms with Crippen molar-refractivity contribution in [2.45, 2.75) is 19.4 Å². The van der Waals surface area contributed by atoms with Crippen molar-refractivity contribution in [2.24, 2.45) is 5.92 Å². The van der Waals surface area contributed by atoms with Gasteiger partial charge in [-0.05, 0) is 49.2 Å². The van der Waals surface area contributed by atoms with Gasteiger partial charge in [-0.15, -0.1) is 0 Å².